The van der Waals surface area contributed by atoms with Gasteiger partial charge in [0.15, 0.2) is 11.5 Å². The summed E-state index contributed by atoms with van der Waals surface area (Å²) < 4.78 is 22.0. The van der Waals surface area contributed by atoms with Crippen LogP contribution in [-0.4, -0.2) is 49.5 Å². The van der Waals surface area contributed by atoms with Gasteiger partial charge in [-0.2, -0.15) is 4.98 Å². The largest absolute Gasteiger partial charge is 0.497 e. The Morgan fingerprint density at radius 3 is 2.74 bits per heavy atom. The summed E-state index contributed by atoms with van der Waals surface area (Å²) in [5.74, 6) is 2.59. The van der Waals surface area contributed by atoms with E-state index in [4.69, 9.17) is 18.7 Å². The second kappa shape index (κ2) is 9.62. The fourth-order valence-electron chi connectivity index (χ4n) is 4.31. The molecule has 1 fully saturated rings. The first-order chi connectivity index (χ1) is 16.6. The zero-order valence-corrected chi connectivity index (χ0v) is 19.3. The van der Waals surface area contributed by atoms with Crippen molar-refractivity contribution in [1.29, 1.82) is 0 Å². The van der Waals surface area contributed by atoms with Crippen molar-refractivity contribution in [3.63, 3.8) is 0 Å². The summed E-state index contributed by atoms with van der Waals surface area (Å²) in [5, 5.41) is 7.27. The molecule has 1 amide bonds. The van der Waals surface area contributed by atoms with E-state index in [0.717, 1.165) is 47.8 Å². The van der Waals surface area contributed by atoms with Crippen LogP contribution >= 0.6 is 0 Å². The van der Waals surface area contributed by atoms with E-state index in [-0.39, 0.29) is 17.9 Å². The Labute approximate surface area is 198 Å². The zero-order valence-electron chi connectivity index (χ0n) is 19.3. The van der Waals surface area contributed by atoms with Gasteiger partial charge in [0, 0.05) is 18.7 Å². The molecule has 0 radical (unpaired) electrons. The highest BCUT2D eigenvalue weighted by Gasteiger charge is 2.29. The Morgan fingerprint density at radius 2 is 1.94 bits per heavy atom. The molecule has 0 saturated carbocycles. The molecule has 2 aliphatic heterocycles. The number of ether oxygens (including phenoxy) is 3. The Kier molecular flexibility index (Phi) is 6.24. The van der Waals surface area contributed by atoms with Gasteiger partial charge in [-0.15, -0.1) is 0 Å². The minimum Gasteiger partial charge on any atom is -0.497 e. The van der Waals surface area contributed by atoms with Crippen LogP contribution in [0.4, 0.5) is 6.01 Å². The molecule has 1 saturated heterocycles. The molecule has 0 bridgehead atoms. The number of rotatable bonds is 6. The Balaban J connectivity index is 1.22. The third kappa shape index (κ3) is 4.64. The lowest BCUT2D eigenvalue weighted by atomic mass is 9.96. The van der Waals surface area contributed by atoms with Crippen LogP contribution in [0.3, 0.4) is 0 Å². The molecule has 2 atom stereocenters. The smallest absolute Gasteiger partial charge is 0.324 e. The first-order valence-corrected chi connectivity index (χ1v) is 11.5. The highest BCUT2D eigenvalue weighted by molar-refractivity contribution is 5.80. The molecular weight excluding hydrogens is 436 g/mol. The average Bonchev–Trinajstić information content (AvgIpc) is 3.39. The van der Waals surface area contributed by atoms with Crippen molar-refractivity contribution in [1.82, 2.24) is 15.5 Å². The van der Waals surface area contributed by atoms with Crippen LogP contribution in [0, 0.1) is 5.92 Å². The number of carbonyl (C=O) groups excluding carboxylic acids is 1. The van der Waals surface area contributed by atoms with E-state index in [1.165, 1.54) is 0 Å². The molecule has 3 aromatic rings. The minimum atomic E-state index is -0.162. The standard InChI is InChI=1S/C25H28N4O5/c1-16(18-7-10-21-22(14-18)33-13-12-32-21)26-24(30)19-4-3-11-29(15-19)25-27-23(28-34-25)17-5-8-20(31-2)9-6-17/h5-10,14,16,19H,3-4,11-13,15H2,1-2H3,(H,26,30). The van der Waals surface area contributed by atoms with Gasteiger partial charge >= 0.3 is 6.01 Å². The Bertz CT molecular complexity index is 1150. The molecule has 5 rings (SSSR count). The van der Waals surface area contributed by atoms with E-state index in [9.17, 15) is 4.79 Å². The summed E-state index contributed by atoms with van der Waals surface area (Å²) in [4.78, 5) is 19.6. The first kappa shape index (κ1) is 22.1. The molecule has 0 spiro atoms. The normalized spacial score (nSPS) is 18.3. The van der Waals surface area contributed by atoms with Gasteiger partial charge in [0.05, 0.1) is 19.1 Å². The summed E-state index contributed by atoms with van der Waals surface area (Å²) >= 11 is 0. The summed E-state index contributed by atoms with van der Waals surface area (Å²) in [6, 6.07) is 13.6. The predicted molar refractivity (Wildman–Crippen MR) is 125 cm³/mol. The predicted octanol–water partition coefficient (Wildman–Crippen LogP) is 3.61. The second-order valence-corrected chi connectivity index (χ2v) is 8.55. The molecule has 1 N–H and O–H groups in total. The van der Waals surface area contributed by atoms with Gasteiger partial charge in [-0.3, -0.25) is 4.79 Å². The topological polar surface area (TPSA) is 99.0 Å². The maximum Gasteiger partial charge on any atom is 0.324 e. The van der Waals surface area contributed by atoms with Crippen molar-refractivity contribution in [2.24, 2.45) is 5.92 Å². The number of aromatic nitrogens is 2. The Hall–Kier alpha value is -3.75. The second-order valence-electron chi connectivity index (χ2n) is 8.55. The van der Waals surface area contributed by atoms with E-state index in [1.807, 2.05) is 54.3 Å². The number of amides is 1. The number of anilines is 1. The summed E-state index contributed by atoms with van der Waals surface area (Å²) in [6.07, 6.45) is 1.69. The quantitative estimate of drug-likeness (QED) is 0.591. The third-order valence-electron chi connectivity index (χ3n) is 6.25. The van der Waals surface area contributed by atoms with Crippen molar-refractivity contribution in [3.8, 4) is 28.6 Å². The van der Waals surface area contributed by atoms with Gasteiger partial charge in [-0.1, -0.05) is 11.2 Å². The molecule has 9 nitrogen and oxygen atoms in total. The molecule has 2 aromatic carbocycles. The van der Waals surface area contributed by atoms with Gasteiger partial charge in [0.2, 0.25) is 11.7 Å². The average molecular weight is 465 g/mol. The number of hydrogen-bond acceptors (Lipinski definition) is 8. The number of nitrogens with one attached hydrogen (secondary N) is 1. The van der Waals surface area contributed by atoms with E-state index >= 15 is 0 Å². The fourth-order valence-corrected chi connectivity index (χ4v) is 4.31. The molecule has 2 aliphatic rings. The molecule has 1 aromatic heterocycles. The van der Waals surface area contributed by atoms with Crippen LogP contribution in [-0.2, 0) is 4.79 Å². The zero-order chi connectivity index (χ0) is 23.5. The van der Waals surface area contributed by atoms with Crippen molar-refractivity contribution < 1.29 is 23.5 Å². The highest BCUT2D eigenvalue weighted by Crippen LogP contribution is 2.33. The molecule has 9 heteroatoms. The van der Waals surface area contributed by atoms with Gasteiger partial charge < -0.3 is 29.0 Å². The van der Waals surface area contributed by atoms with Crippen molar-refractivity contribution in [3.05, 3.63) is 48.0 Å². The maximum atomic E-state index is 13.1. The van der Waals surface area contributed by atoms with Crippen molar-refractivity contribution in [2.45, 2.75) is 25.8 Å². The van der Waals surface area contributed by atoms with Crippen LogP contribution in [0.1, 0.15) is 31.4 Å². The van der Waals surface area contributed by atoms with Crippen molar-refractivity contribution in [2.75, 3.05) is 38.3 Å². The lowest BCUT2D eigenvalue weighted by molar-refractivity contribution is -0.125. The monoisotopic (exact) mass is 464 g/mol. The fraction of sp³-hybridized carbons (Fsp3) is 0.400. The highest BCUT2D eigenvalue weighted by atomic mass is 16.6. The van der Waals surface area contributed by atoms with Crippen LogP contribution in [0.25, 0.3) is 11.4 Å². The number of fused-ring (bicyclic) bond motifs is 1. The number of piperidine rings is 1. The molecule has 3 heterocycles. The molecule has 2 unspecified atom stereocenters. The third-order valence-corrected chi connectivity index (χ3v) is 6.25. The van der Waals surface area contributed by atoms with Crippen LogP contribution in [0.5, 0.6) is 17.2 Å². The number of nitrogens with zero attached hydrogens (tertiary/aromatic N) is 3. The molecule has 0 aliphatic carbocycles. The van der Waals surface area contributed by atoms with Gasteiger partial charge in [0.1, 0.15) is 19.0 Å². The SMILES string of the molecule is COc1ccc(-c2noc(N3CCCC(C(=O)NC(C)c4ccc5c(c4)OCCO5)C3)n2)cc1. The van der Waals surface area contributed by atoms with Crippen LogP contribution in [0.2, 0.25) is 0 Å². The van der Waals surface area contributed by atoms with Crippen molar-refractivity contribution >= 4 is 11.9 Å². The van der Waals surface area contributed by atoms with Crippen LogP contribution in [0.15, 0.2) is 47.0 Å². The van der Waals surface area contributed by atoms with Gasteiger partial charge in [-0.25, -0.2) is 0 Å². The Morgan fingerprint density at radius 1 is 1.15 bits per heavy atom. The van der Waals surface area contributed by atoms with Gasteiger partial charge in [-0.05, 0) is 61.7 Å². The lowest BCUT2D eigenvalue weighted by Crippen LogP contribution is -2.43. The number of benzene rings is 2. The first-order valence-electron chi connectivity index (χ1n) is 11.5. The van der Waals surface area contributed by atoms with E-state index in [0.29, 0.717) is 31.6 Å². The van der Waals surface area contributed by atoms with E-state index in [2.05, 4.69) is 15.5 Å². The number of hydrogen-bond donors (Lipinski definition) is 1. The summed E-state index contributed by atoms with van der Waals surface area (Å²) in [6.45, 7) is 4.36. The molecule has 34 heavy (non-hydrogen) atoms. The molecule has 178 valence electrons. The van der Waals surface area contributed by atoms with Crippen LogP contribution < -0.4 is 24.4 Å². The summed E-state index contributed by atoms with van der Waals surface area (Å²) in [7, 11) is 1.63. The number of carbonyl (C=O) groups is 1. The van der Waals surface area contributed by atoms with Gasteiger partial charge in [0.25, 0.3) is 0 Å². The van der Waals surface area contributed by atoms with E-state index in [1.54, 1.807) is 7.11 Å². The molecular formula is C25H28N4O5. The lowest BCUT2D eigenvalue weighted by Gasteiger charge is -2.31. The maximum absolute atomic E-state index is 13.1. The number of methoxy groups -OCH3 is 1. The minimum absolute atomic E-state index is 0.0157. The summed E-state index contributed by atoms with van der Waals surface area (Å²) in [5.41, 5.74) is 1.82. The van der Waals surface area contributed by atoms with E-state index < -0.39 is 0 Å².